The number of carboxylic acid groups (broad SMARTS) is 1. The van der Waals surface area contributed by atoms with Gasteiger partial charge in [0.1, 0.15) is 0 Å². The van der Waals surface area contributed by atoms with Crippen LogP contribution in [-0.2, 0) is 4.79 Å². The molecule has 1 saturated carbocycles. The summed E-state index contributed by atoms with van der Waals surface area (Å²) in [7, 11) is 0. The van der Waals surface area contributed by atoms with Gasteiger partial charge in [-0.05, 0) is 18.3 Å². The lowest BCUT2D eigenvalue weighted by molar-refractivity contribution is -0.334. The van der Waals surface area contributed by atoms with Crippen LogP contribution < -0.4 is 5.11 Å². The van der Waals surface area contributed by atoms with Gasteiger partial charge in [0.05, 0.1) is 23.9 Å². The summed E-state index contributed by atoms with van der Waals surface area (Å²) in [5.74, 6) is -5.48. The summed E-state index contributed by atoms with van der Waals surface area (Å²) < 4.78 is 38.5. The number of allylic oxidation sites excluding steroid dienone is 2. The zero-order valence-corrected chi connectivity index (χ0v) is 8.20. The highest BCUT2D eigenvalue weighted by Gasteiger charge is 2.65. The fraction of sp³-hybridized carbons (Fsp3) is 0.700. The quantitative estimate of drug-likeness (QED) is 0.690. The molecule has 0 radical (unpaired) electrons. The molecule has 0 aromatic rings. The molecule has 6 heteroatoms. The number of carboxylic acids is 1. The molecular formula is C10H10F3O3-. The minimum Gasteiger partial charge on any atom is -0.549 e. The number of hydrogen-bond donors (Lipinski definition) is 1. The molecule has 0 aromatic heterocycles. The summed E-state index contributed by atoms with van der Waals surface area (Å²) in [6.45, 7) is -1.04. The monoisotopic (exact) mass is 235 g/mol. The van der Waals surface area contributed by atoms with E-state index in [0.29, 0.717) is 0 Å². The smallest absolute Gasteiger partial charge is 0.393 e. The van der Waals surface area contributed by atoms with E-state index in [1.54, 1.807) is 0 Å². The van der Waals surface area contributed by atoms with E-state index in [0.717, 1.165) is 0 Å². The fourth-order valence-electron chi connectivity index (χ4n) is 3.06. The van der Waals surface area contributed by atoms with E-state index in [-0.39, 0.29) is 6.42 Å². The van der Waals surface area contributed by atoms with Crippen LogP contribution in [0.2, 0.25) is 0 Å². The van der Waals surface area contributed by atoms with Crippen LogP contribution >= 0.6 is 0 Å². The van der Waals surface area contributed by atoms with Gasteiger partial charge in [0.2, 0.25) is 0 Å². The molecule has 0 spiro atoms. The molecule has 4 atom stereocenters. The summed E-state index contributed by atoms with van der Waals surface area (Å²) in [6, 6.07) is 0. The molecule has 2 rings (SSSR count). The summed E-state index contributed by atoms with van der Waals surface area (Å²) >= 11 is 0. The first-order valence-corrected chi connectivity index (χ1v) is 4.91. The highest BCUT2D eigenvalue weighted by molar-refractivity contribution is 5.75. The highest BCUT2D eigenvalue weighted by atomic mass is 19.4. The minimum absolute atomic E-state index is 0.124. The maximum atomic E-state index is 12.8. The standard InChI is InChI=1S/C10H11F3O3/c11-10(12,13)7-5-1-2-6(3-5)9(7,4-14)8(15)16/h1-2,5-7,14H,3-4H2,(H,15,16)/p-1. The average molecular weight is 235 g/mol. The molecule has 1 fully saturated rings. The number of rotatable bonds is 2. The minimum atomic E-state index is -4.63. The molecule has 16 heavy (non-hydrogen) atoms. The van der Waals surface area contributed by atoms with Crippen LogP contribution in [0.5, 0.6) is 0 Å². The van der Waals surface area contributed by atoms with Crippen molar-refractivity contribution in [2.75, 3.05) is 6.61 Å². The normalized spacial score (nSPS) is 41.6. The van der Waals surface area contributed by atoms with Gasteiger partial charge in [-0.1, -0.05) is 12.2 Å². The van der Waals surface area contributed by atoms with E-state index in [9.17, 15) is 23.1 Å². The van der Waals surface area contributed by atoms with Crippen LogP contribution in [0.15, 0.2) is 12.2 Å². The average Bonchev–Trinajstić information content (AvgIpc) is 2.72. The molecule has 2 aliphatic rings. The second-order valence-corrected chi connectivity index (χ2v) is 4.40. The second-order valence-electron chi connectivity index (χ2n) is 4.40. The first-order valence-electron chi connectivity index (χ1n) is 4.91. The Bertz CT molecular complexity index is 350. The van der Waals surface area contributed by atoms with Gasteiger partial charge in [0.15, 0.2) is 0 Å². The van der Waals surface area contributed by atoms with Crippen molar-refractivity contribution in [1.82, 2.24) is 0 Å². The zero-order valence-electron chi connectivity index (χ0n) is 8.20. The van der Waals surface area contributed by atoms with E-state index in [2.05, 4.69) is 0 Å². The zero-order chi connectivity index (χ0) is 12.1. The van der Waals surface area contributed by atoms with Gasteiger partial charge in [-0.15, -0.1) is 0 Å². The van der Waals surface area contributed by atoms with Gasteiger partial charge in [0.25, 0.3) is 0 Å². The van der Waals surface area contributed by atoms with Crippen molar-refractivity contribution in [3.63, 3.8) is 0 Å². The number of aliphatic carboxylic acids is 1. The first-order chi connectivity index (χ1) is 7.34. The molecule has 0 heterocycles. The van der Waals surface area contributed by atoms with Crippen molar-refractivity contribution >= 4 is 5.97 Å². The van der Waals surface area contributed by atoms with E-state index in [1.165, 1.54) is 12.2 Å². The van der Waals surface area contributed by atoms with E-state index >= 15 is 0 Å². The number of aliphatic hydroxyl groups excluding tert-OH is 1. The van der Waals surface area contributed by atoms with Crippen molar-refractivity contribution in [2.24, 2.45) is 23.2 Å². The third kappa shape index (κ3) is 1.22. The van der Waals surface area contributed by atoms with Gasteiger partial charge in [-0.2, -0.15) is 13.2 Å². The lowest BCUT2D eigenvalue weighted by atomic mass is 9.68. The molecule has 0 aromatic carbocycles. The SMILES string of the molecule is O=C([O-])C1(CO)C2C=CC(C2)C1C(F)(F)F. The molecule has 2 aliphatic carbocycles. The Morgan fingerprint density at radius 2 is 2.12 bits per heavy atom. The molecule has 0 saturated heterocycles. The Labute approximate surface area is 89.6 Å². The Morgan fingerprint density at radius 1 is 1.50 bits per heavy atom. The highest BCUT2D eigenvalue weighted by Crippen LogP contribution is 2.60. The summed E-state index contributed by atoms with van der Waals surface area (Å²) in [6.07, 6.45) is -1.68. The summed E-state index contributed by atoms with van der Waals surface area (Å²) in [4.78, 5) is 11.0. The molecule has 3 nitrogen and oxygen atoms in total. The Hall–Kier alpha value is -1.04. The molecule has 2 bridgehead atoms. The largest absolute Gasteiger partial charge is 0.549 e. The number of fused-ring (bicyclic) bond motifs is 2. The summed E-state index contributed by atoms with van der Waals surface area (Å²) in [5.41, 5.74) is -2.20. The molecule has 90 valence electrons. The molecular weight excluding hydrogens is 225 g/mol. The van der Waals surface area contributed by atoms with Gasteiger partial charge in [-0.25, -0.2) is 0 Å². The van der Waals surface area contributed by atoms with E-state index in [4.69, 9.17) is 5.11 Å². The molecule has 1 N–H and O–H groups in total. The number of aliphatic hydroxyl groups is 1. The number of alkyl halides is 3. The van der Waals surface area contributed by atoms with E-state index in [1.807, 2.05) is 0 Å². The van der Waals surface area contributed by atoms with Crippen LogP contribution in [0.1, 0.15) is 6.42 Å². The maximum absolute atomic E-state index is 12.8. The Balaban J connectivity index is 2.50. The number of carbonyl (C=O) groups is 1. The van der Waals surface area contributed by atoms with Crippen LogP contribution in [0, 0.1) is 23.2 Å². The van der Waals surface area contributed by atoms with Gasteiger partial charge < -0.3 is 15.0 Å². The topological polar surface area (TPSA) is 60.4 Å². The van der Waals surface area contributed by atoms with Crippen LogP contribution in [0.25, 0.3) is 0 Å². The number of halogens is 3. The van der Waals surface area contributed by atoms with Gasteiger partial charge in [-0.3, -0.25) is 0 Å². The van der Waals surface area contributed by atoms with Gasteiger partial charge >= 0.3 is 6.18 Å². The lowest BCUT2D eigenvalue weighted by Gasteiger charge is -2.41. The van der Waals surface area contributed by atoms with Crippen molar-refractivity contribution in [3.8, 4) is 0 Å². The van der Waals surface area contributed by atoms with E-state index < -0.39 is 41.9 Å². The van der Waals surface area contributed by atoms with Crippen LogP contribution in [0.4, 0.5) is 13.2 Å². The predicted octanol–water partition coefficient (Wildman–Crippen LogP) is 0.0994. The predicted molar refractivity (Wildman–Crippen MR) is 44.8 cm³/mol. The first kappa shape index (κ1) is 11.4. The fourth-order valence-corrected chi connectivity index (χ4v) is 3.06. The number of hydrogen-bond acceptors (Lipinski definition) is 3. The molecule has 4 unspecified atom stereocenters. The van der Waals surface area contributed by atoms with Crippen molar-refractivity contribution in [2.45, 2.75) is 12.6 Å². The molecule has 0 amide bonds. The van der Waals surface area contributed by atoms with Gasteiger partial charge in [0, 0.05) is 0 Å². The lowest BCUT2D eigenvalue weighted by Crippen LogP contribution is -2.56. The third-order valence-electron chi connectivity index (χ3n) is 3.76. The Morgan fingerprint density at radius 3 is 2.50 bits per heavy atom. The second kappa shape index (κ2) is 3.23. The summed E-state index contributed by atoms with van der Waals surface area (Å²) in [5, 5.41) is 20.1. The van der Waals surface area contributed by atoms with Crippen molar-refractivity contribution in [1.29, 1.82) is 0 Å². The third-order valence-corrected chi connectivity index (χ3v) is 3.76. The van der Waals surface area contributed by atoms with Crippen LogP contribution in [0.3, 0.4) is 0 Å². The molecule has 0 aliphatic heterocycles. The number of carbonyl (C=O) groups excluding carboxylic acids is 1. The van der Waals surface area contributed by atoms with Crippen molar-refractivity contribution < 1.29 is 28.2 Å². The Kier molecular flexibility index (Phi) is 2.31. The van der Waals surface area contributed by atoms with Crippen molar-refractivity contribution in [3.05, 3.63) is 12.2 Å². The van der Waals surface area contributed by atoms with Crippen LogP contribution in [-0.4, -0.2) is 23.9 Å². The maximum Gasteiger partial charge on any atom is 0.393 e.